The second-order valence-corrected chi connectivity index (χ2v) is 16.0. The first kappa shape index (κ1) is 57.3. The molecular weight excluding hydrogens is 757 g/mol. The molecule has 0 aliphatic carbocycles. The molecule has 0 aromatic rings. The summed E-state index contributed by atoms with van der Waals surface area (Å²) in [6, 6.07) is 0. The lowest BCUT2D eigenvalue weighted by Gasteiger charge is -2.18. The van der Waals surface area contributed by atoms with Crippen LogP contribution < -0.4 is 0 Å². The summed E-state index contributed by atoms with van der Waals surface area (Å²) in [6.07, 6.45) is 64.3. The van der Waals surface area contributed by atoms with Crippen LogP contribution in [0.4, 0.5) is 0 Å². The number of carbonyl (C=O) groups excluding carboxylic acids is 3. The summed E-state index contributed by atoms with van der Waals surface area (Å²) in [5.74, 6) is -1.08. The van der Waals surface area contributed by atoms with Crippen LogP contribution in [0.1, 0.15) is 213 Å². The molecule has 0 saturated carbocycles. The van der Waals surface area contributed by atoms with Gasteiger partial charge in [0.05, 0.1) is 6.42 Å². The minimum atomic E-state index is -0.826. The zero-order chi connectivity index (χ0) is 44.4. The average molecular weight is 847 g/mol. The van der Waals surface area contributed by atoms with Crippen LogP contribution in [0.3, 0.4) is 0 Å². The minimum Gasteiger partial charge on any atom is -0.462 e. The van der Waals surface area contributed by atoms with E-state index < -0.39 is 12.1 Å². The molecule has 0 aliphatic heterocycles. The molecule has 6 heteroatoms. The Bertz CT molecular complexity index is 1250. The third-order valence-electron chi connectivity index (χ3n) is 10.1. The highest BCUT2D eigenvalue weighted by atomic mass is 16.6. The van der Waals surface area contributed by atoms with Gasteiger partial charge in [-0.2, -0.15) is 0 Å². The number of ether oxygens (including phenoxy) is 3. The smallest absolute Gasteiger partial charge is 0.309 e. The Balaban J connectivity index is 4.44. The van der Waals surface area contributed by atoms with Gasteiger partial charge in [0.2, 0.25) is 0 Å². The van der Waals surface area contributed by atoms with E-state index in [0.29, 0.717) is 12.8 Å². The quantitative estimate of drug-likeness (QED) is 0.0200. The Labute approximate surface area is 375 Å². The summed E-state index contributed by atoms with van der Waals surface area (Å²) in [5.41, 5.74) is 0. The molecule has 61 heavy (non-hydrogen) atoms. The molecule has 0 aromatic carbocycles. The van der Waals surface area contributed by atoms with Gasteiger partial charge >= 0.3 is 17.9 Å². The van der Waals surface area contributed by atoms with E-state index in [1.807, 2.05) is 6.08 Å². The monoisotopic (exact) mass is 847 g/mol. The van der Waals surface area contributed by atoms with Gasteiger partial charge in [0.25, 0.3) is 0 Å². The lowest BCUT2D eigenvalue weighted by molar-refractivity contribution is -0.166. The second kappa shape index (κ2) is 49.0. The van der Waals surface area contributed by atoms with Gasteiger partial charge in [0.1, 0.15) is 13.2 Å². The van der Waals surface area contributed by atoms with Gasteiger partial charge in [-0.05, 0) is 89.9 Å². The fraction of sp³-hybridized carbons (Fsp3) is 0.655. The summed E-state index contributed by atoms with van der Waals surface area (Å²) in [7, 11) is 0. The molecule has 0 N–H and O–H groups in total. The molecule has 0 bridgehead atoms. The average Bonchev–Trinajstić information content (AvgIpc) is 3.26. The minimum absolute atomic E-state index is 0.119. The molecule has 0 aliphatic rings. The van der Waals surface area contributed by atoms with Crippen molar-refractivity contribution < 1.29 is 28.6 Å². The van der Waals surface area contributed by atoms with Crippen molar-refractivity contribution in [3.8, 4) is 0 Å². The summed E-state index contributed by atoms with van der Waals surface area (Å²) >= 11 is 0. The maximum atomic E-state index is 12.8. The van der Waals surface area contributed by atoms with Crippen molar-refractivity contribution in [2.24, 2.45) is 0 Å². The molecule has 0 amide bonds. The highest BCUT2D eigenvalue weighted by Gasteiger charge is 2.19. The molecule has 0 spiro atoms. The number of rotatable bonds is 43. The van der Waals surface area contributed by atoms with E-state index in [9.17, 15) is 14.4 Å². The maximum Gasteiger partial charge on any atom is 0.309 e. The molecule has 0 saturated heterocycles. The van der Waals surface area contributed by atoms with E-state index in [4.69, 9.17) is 14.2 Å². The molecule has 1 atom stereocenters. The standard InChI is InChI=1S/C55H90O6/c1-4-7-10-13-16-19-21-23-25-27-28-30-31-33-36-39-42-45-48-54(57)60-51-52(50-59-53(56)47-44-41-38-35-18-15-12-9-6-3)61-55(58)49-46-43-40-37-34-32-29-26-24-22-20-17-14-11-8-5-2/h8-9,11-12,17-18,20,24-28,30,35,41,44,52H,4-7,10,13-16,19,21-23,29,31-34,36-40,42-43,45-51H2,1-3H3/b11-8-,12-9-,20-17-,26-24-,27-25-,30-28-,35-18-,44-41-. The van der Waals surface area contributed by atoms with Crippen molar-refractivity contribution in [3.63, 3.8) is 0 Å². The molecule has 0 fully saturated rings. The van der Waals surface area contributed by atoms with Crippen LogP contribution in [-0.4, -0.2) is 37.2 Å². The Kier molecular flexibility index (Phi) is 46.0. The second-order valence-electron chi connectivity index (χ2n) is 16.0. The van der Waals surface area contributed by atoms with Crippen molar-refractivity contribution in [3.05, 3.63) is 97.2 Å². The van der Waals surface area contributed by atoms with E-state index in [1.165, 1.54) is 64.2 Å². The lowest BCUT2D eigenvalue weighted by atomic mass is 10.1. The largest absolute Gasteiger partial charge is 0.462 e. The summed E-state index contributed by atoms with van der Waals surface area (Å²) in [6.45, 7) is 6.27. The van der Waals surface area contributed by atoms with Gasteiger partial charge in [0.15, 0.2) is 6.10 Å². The van der Waals surface area contributed by atoms with Gasteiger partial charge in [-0.15, -0.1) is 0 Å². The van der Waals surface area contributed by atoms with E-state index in [0.717, 1.165) is 109 Å². The van der Waals surface area contributed by atoms with Crippen LogP contribution in [-0.2, 0) is 28.6 Å². The summed E-state index contributed by atoms with van der Waals surface area (Å²) in [5, 5.41) is 0. The Morgan fingerprint density at radius 3 is 1.25 bits per heavy atom. The lowest BCUT2D eigenvalue weighted by Crippen LogP contribution is -2.30. The highest BCUT2D eigenvalue weighted by Crippen LogP contribution is 2.13. The maximum absolute atomic E-state index is 12.8. The fourth-order valence-electron chi connectivity index (χ4n) is 6.45. The van der Waals surface area contributed by atoms with Crippen molar-refractivity contribution in [1.82, 2.24) is 0 Å². The number of carbonyl (C=O) groups is 3. The Morgan fingerprint density at radius 1 is 0.377 bits per heavy atom. The van der Waals surface area contributed by atoms with Gasteiger partial charge in [-0.3, -0.25) is 14.4 Å². The predicted octanol–water partition coefficient (Wildman–Crippen LogP) is 16.2. The molecule has 0 radical (unpaired) electrons. The van der Waals surface area contributed by atoms with Crippen LogP contribution in [0.2, 0.25) is 0 Å². The van der Waals surface area contributed by atoms with Crippen molar-refractivity contribution >= 4 is 17.9 Å². The van der Waals surface area contributed by atoms with Gasteiger partial charge in [0, 0.05) is 12.8 Å². The van der Waals surface area contributed by atoms with Gasteiger partial charge < -0.3 is 14.2 Å². The predicted molar refractivity (Wildman–Crippen MR) is 260 cm³/mol. The van der Waals surface area contributed by atoms with Crippen molar-refractivity contribution in [2.75, 3.05) is 13.2 Å². The number of hydrogen-bond donors (Lipinski definition) is 0. The van der Waals surface area contributed by atoms with Crippen LogP contribution in [0.15, 0.2) is 97.2 Å². The zero-order valence-corrected chi connectivity index (χ0v) is 39.4. The van der Waals surface area contributed by atoms with E-state index in [-0.39, 0.29) is 31.6 Å². The van der Waals surface area contributed by atoms with Crippen LogP contribution >= 0.6 is 0 Å². The Hall–Kier alpha value is -3.67. The van der Waals surface area contributed by atoms with E-state index in [2.05, 4.69) is 106 Å². The molecule has 0 heterocycles. The van der Waals surface area contributed by atoms with E-state index in [1.54, 1.807) is 6.08 Å². The first-order valence-corrected chi connectivity index (χ1v) is 24.8. The molecule has 1 unspecified atom stereocenters. The van der Waals surface area contributed by atoms with E-state index >= 15 is 0 Å². The zero-order valence-electron chi connectivity index (χ0n) is 39.4. The fourth-order valence-corrected chi connectivity index (χ4v) is 6.45. The molecular formula is C55H90O6. The molecule has 346 valence electrons. The van der Waals surface area contributed by atoms with Crippen molar-refractivity contribution in [1.29, 1.82) is 0 Å². The number of esters is 3. The summed E-state index contributed by atoms with van der Waals surface area (Å²) in [4.78, 5) is 37.8. The van der Waals surface area contributed by atoms with Gasteiger partial charge in [-0.25, -0.2) is 0 Å². The number of hydrogen-bond acceptors (Lipinski definition) is 6. The Morgan fingerprint density at radius 2 is 0.754 bits per heavy atom. The van der Waals surface area contributed by atoms with Crippen LogP contribution in [0, 0.1) is 0 Å². The third kappa shape index (κ3) is 47.2. The third-order valence-corrected chi connectivity index (χ3v) is 10.1. The topological polar surface area (TPSA) is 78.9 Å². The normalized spacial score (nSPS) is 12.9. The first-order chi connectivity index (χ1) is 30.0. The molecule has 0 aromatic heterocycles. The summed E-state index contributed by atoms with van der Waals surface area (Å²) < 4.78 is 16.6. The molecule has 6 nitrogen and oxygen atoms in total. The van der Waals surface area contributed by atoms with Gasteiger partial charge in [-0.1, -0.05) is 201 Å². The van der Waals surface area contributed by atoms with Crippen LogP contribution in [0.5, 0.6) is 0 Å². The first-order valence-electron chi connectivity index (χ1n) is 24.8. The molecule has 0 rings (SSSR count). The van der Waals surface area contributed by atoms with Crippen molar-refractivity contribution in [2.45, 2.75) is 219 Å². The number of unbranched alkanes of at least 4 members (excludes halogenated alkanes) is 18. The highest BCUT2D eigenvalue weighted by molar-refractivity contribution is 5.72. The number of allylic oxidation sites excluding steroid dienone is 15. The SMILES string of the molecule is CC/C=C\C/C=C\C/C=C\CCCCCCCCC(=O)OC(COC(=O)C/C=C\C/C=C\C/C=C\CC)COC(=O)CCCCCCC/C=C\C=C/CCCCCCCCC. The van der Waals surface area contributed by atoms with Crippen LogP contribution in [0.25, 0.3) is 0 Å².